The van der Waals surface area contributed by atoms with Gasteiger partial charge in [0.15, 0.2) is 0 Å². The van der Waals surface area contributed by atoms with E-state index in [0.717, 1.165) is 26.3 Å². The molecule has 2 heterocycles. The quantitative estimate of drug-likeness (QED) is 0.811. The molecule has 1 aromatic carbocycles. The Morgan fingerprint density at radius 3 is 2.56 bits per heavy atom. The number of ether oxygens (including phenoxy) is 1. The summed E-state index contributed by atoms with van der Waals surface area (Å²) in [5.74, 6) is 0. The van der Waals surface area contributed by atoms with Crippen molar-refractivity contribution >= 4 is 11.8 Å². The minimum atomic E-state index is 0.673. The van der Waals surface area contributed by atoms with Crippen LogP contribution in [0.15, 0.2) is 45.8 Å². The van der Waals surface area contributed by atoms with E-state index in [2.05, 4.69) is 54.0 Å². The van der Waals surface area contributed by atoms with E-state index >= 15 is 0 Å². The second-order valence-electron chi connectivity index (χ2n) is 7.34. The summed E-state index contributed by atoms with van der Waals surface area (Å²) in [7, 11) is 0. The van der Waals surface area contributed by atoms with Gasteiger partial charge in [-0.1, -0.05) is 41.6 Å². The van der Waals surface area contributed by atoms with Crippen molar-refractivity contribution in [1.82, 2.24) is 9.80 Å². The summed E-state index contributed by atoms with van der Waals surface area (Å²) in [6.07, 6.45) is 7.02. The lowest BCUT2D eigenvalue weighted by Crippen LogP contribution is -2.56. The molecule has 0 spiro atoms. The largest absolute Gasteiger partial charge is 0.378 e. The lowest BCUT2D eigenvalue weighted by atomic mass is 10.1. The van der Waals surface area contributed by atoms with Gasteiger partial charge in [-0.05, 0) is 38.3 Å². The second-order valence-corrected chi connectivity index (χ2v) is 8.42. The molecule has 4 rings (SSSR count). The van der Waals surface area contributed by atoms with Crippen molar-refractivity contribution in [3.8, 4) is 0 Å². The number of rotatable bonds is 4. The van der Waals surface area contributed by atoms with Gasteiger partial charge in [0.25, 0.3) is 0 Å². The van der Waals surface area contributed by atoms with E-state index in [1.807, 2.05) is 11.8 Å². The maximum Gasteiger partial charge on any atom is 0.0645 e. The Hall–Kier alpha value is -1.23. The molecule has 2 fully saturated rings. The van der Waals surface area contributed by atoms with E-state index in [9.17, 15) is 0 Å². The van der Waals surface area contributed by atoms with Gasteiger partial charge in [0.05, 0.1) is 19.3 Å². The average molecular weight is 357 g/mol. The maximum absolute atomic E-state index is 5.36. The zero-order chi connectivity index (χ0) is 17.2. The Labute approximate surface area is 155 Å². The first-order valence-electron chi connectivity index (χ1n) is 9.42. The lowest BCUT2D eigenvalue weighted by molar-refractivity contribution is -0.0749. The van der Waals surface area contributed by atoms with Crippen LogP contribution in [0.25, 0.3) is 0 Å². The maximum atomic E-state index is 5.36. The van der Waals surface area contributed by atoms with Gasteiger partial charge in [0.1, 0.15) is 0 Å². The van der Waals surface area contributed by atoms with Crippen molar-refractivity contribution in [2.75, 3.05) is 39.4 Å². The molecule has 0 N–H and O–H groups in total. The first kappa shape index (κ1) is 17.2. The molecular formula is C21H28N2OS. The molecule has 0 unspecified atom stereocenters. The molecule has 0 atom stereocenters. The molecule has 1 aromatic rings. The fourth-order valence-electron chi connectivity index (χ4n) is 3.86. The third kappa shape index (κ3) is 3.81. The normalized spacial score (nSPS) is 22.4. The van der Waals surface area contributed by atoms with Crippen LogP contribution >= 0.6 is 11.8 Å². The molecule has 134 valence electrons. The van der Waals surface area contributed by atoms with E-state index in [0.29, 0.717) is 6.04 Å². The molecule has 2 saturated heterocycles. The molecule has 4 heteroatoms. The zero-order valence-corrected chi connectivity index (χ0v) is 16.1. The van der Waals surface area contributed by atoms with Gasteiger partial charge in [-0.3, -0.25) is 4.90 Å². The summed E-state index contributed by atoms with van der Waals surface area (Å²) >= 11 is 1.94. The zero-order valence-electron chi connectivity index (χ0n) is 15.3. The van der Waals surface area contributed by atoms with Gasteiger partial charge in [-0.2, -0.15) is 0 Å². The standard InChI is InChI=1S/C21H28N2OS/c1-16-7-8-20(17(2)13-16)25-21-6-4-3-5-19(21)23-11-9-22(10-12-23)18-14-24-15-18/h4,6-8,13,18H,3,5,9-12,14-15H2,1-2H3. The molecule has 3 nitrogen and oxygen atoms in total. The summed E-state index contributed by atoms with van der Waals surface area (Å²) in [4.78, 5) is 8.06. The van der Waals surface area contributed by atoms with Crippen molar-refractivity contribution < 1.29 is 4.74 Å². The smallest absolute Gasteiger partial charge is 0.0645 e. The number of hydrogen-bond donors (Lipinski definition) is 0. The van der Waals surface area contributed by atoms with Crippen LogP contribution < -0.4 is 0 Å². The van der Waals surface area contributed by atoms with Gasteiger partial charge in [-0.25, -0.2) is 0 Å². The fraction of sp³-hybridized carbons (Fsp3) is 0.524. The Morgan fingerprint density at radius 1 is 1.08 bits per heavy atom. The topological polar surface area (TPSA) is 15.7 Å². The molecule has 2 aliphatic heterocycles. The van der Waals surface area contributed by atoms with Gasteiger partial charge in [0.2, 0.25) is 0 Å². The molecule has 1 aliphatic carbocycles. The summed E-state index contributed by atoms with van der Waals surface area (Å²) in [5, 5.41) is 0. The van der Waals surface area contributed by atoms with E-state index in [4.69, 9.17) is 4.74 Å². The number of thioether (sulfide) groups is 1. The highest BCUT2D eigenvalue weighted by molar-refractivity contribution is 8.03. The number of piperazine rings is 1. The van der Waals surface area contributed by atoms with E-state index < -0.39 is 0 Å². The number of hydrogen-bond acceptors (Lipinski definition) is 4. The van der Waals surface area contributed by atoms with Gasteiger partial charge < -0.3 is 9.64 Å². The number of benzene rings is 1. The fourth-order valence-corrected chi connectivity index (χ4v) is 4.97. The van der Waals surface area contributed by atoms with Crippen molar-refractivity contribution in [1.29, 1.82) is 0 Å². The first-order valence-corrected chi connectivity index (χ1v) is 10.2. The molecular weight excluding hydrogens is 328 g/mol. The molecule has 0 bridgehead atoms. The summed E-state index contributed by atoms with van der Waals surface area (Å²) < 4.78 is 5.36. The van der Waals surface area contributed by atoms with Crippen molar-refractivity contribution in [2.45, 2.75) is 37.6 Å². The van der Waals surface area contributed by atoms with Crippen molar-refractivity contribution in [2.24, 2.45) is 0 Å². The summed E-state index contributed by atoms with van der Waals surface area (Å²) in [6, 6.07) is 7.46. The highest BCUT2D eigenvalue weighted by atomic mass is 32.2. The molecule has 3 aliphatic rings. The minimum absolute atomic E-state index is 0.673. The molecule has 0 amide bonds. The van der Waals surface area contributed by atoms with E-state index in [1.54, 1.807) is 5.70 Å². The Balaban J connectivity index is 1.48. The Morgan fingerprint density at radius 2 is 1.88 bits per heavy atom. The molecule has 0 saturated carbocycles. The third-order valence-electron chi connectivity index (χ3n) is 5.48. The predicted octanol–water partition coefficient (Wildman–Crippen LogP) is 3.97. The van der Waals surface area contributed by atoms with E-state index in [-0.39, 0.29) is 0 Å². The van der Waals surface area contributed by atoms with Crippen LogP contribution in [-0.2, 0) is 4.74 Å². The van der Waals surface area contributed by atoms with Crippen LogP contribution in [0.1, 0.15) is 24.0 Å². The molecule has 0 radical (unpaired) electrons. The van der Waals surface area contributed by atoms with Gasteiger partial charge in [0, 0.05) is 41.7 Å². The highest BCUT2D eigenvalue weighted by Gasteiger charge is 2.30. The molecule has 25 heavy (non-hydrogen) atoms. The van der Waals surface area contributed by atoms with Crippen LogP contribution in [0.3, 0.4) is 0 Å². The van der Waals surface area contributed by atoms with Crippen LogP contribution in [0.2, 0.25) is 0 Å². The van der Waals surface area contributed by atoms with Crippen molar-refractivity contribution in [3.63, 3.8) is 0 Å². The van der Waals surface area contributed by atoms with Gasteiger partial charge >= 0.3 is 0 Å². The second kappa shape index (κ2) is 7.56. The number of nitrogens with zero attached hydrogens (tertiary/aromatic N) is 2. The summed E-state index contributed by atoms with van der Waals surface area (Å²) in [5.41, 5.74) is 4.27. The predicted molar refractivity (Wildman–Crippen MR) is 105 cm³/mol. The lowest BCUT2D eigenvalue weighted by Gasteiger charge is -2.44. The Bertz CT molecular complexity index is 685. The molecule has 0 aromatic heterocycles. The third-order valence-corrected chi connectivity index (χ3v) is 6.75. The van der Waals surface area contributed by atoms with Crippen LogP contribution in [0.4, 0.5) is 0 Å². The van der Waals surface area contributed by atoms with Crippen LogP contribution in [-0.4, -0.2) is 55.2 Å². The minimum Gasteiger partial charge on any atom is -0.378 e. The number of aryl methyl sites for hydroxylation is 2. The van der Waals surface area contributed by atoms with Crippen LogP contribution in [0, 0.1) is 13.8 Å². The monoisotopic (exact) mass is 356 g/mol. The average Bonchev–Trinajstić information content (AvgIpc) is 2.57. The van der Waals surface area contributed by atoms with Crippen molar-refractivity contribution in [3.05, 3.63) is 52.1 Å². The Kier molecular flexibility index (Phi) is 5.20. The van der Waals surface area contributed by atoms with E-state index in [1.165, 1.54) is 46.9 Å². The number of allylic oxidation sites excluding steroid dienone is 3. The SMILES string of the molecule is Cc1ccc(SC2=C(N3CCN(C4COC4)CC3)CCC=C2)c(C)c1. The highest BCUT2D eigenvalue weighted by Crippen LogP contribution is 2.37. The van der Waals surface area contributed by atoms with Gasteiger partial charge in [-0.15, -0.1) is 0 Å². The first-order chi connectivity index (χ1) is 12.2. The van der Waals surface area contributed by atoms with Crippen LogP contribution in [0.5, 0.6) is 0 Å². The summed E-state index contributed by atoms with van der Waals surface area (Å²) in [6.45, 7) is 10.9.